The van der Waals surface area contributed by atoms with Gasteiger partial charge in [-0.25, -0.2) is 9.98 Å². The Kier molecular flexibility index (Phi) is 9.26. The molecule has 1 aromatic heterocycles. The first-order valence-corrected chi connectivity index (χ1v) is 15.6. The minimum Gasteiger partial charge on any atom is -0.394 e. The number of aromatic nitrogens is 2. The highest BCUT2D eigenvalue weighted by Gasteiger charge is 2.33. The van der Waals surface area contributed by atoms with Crippen LogP contribution in [0.5, 0.6) is 0 Å². The van der Waals surface area contributed by atoms with E-state index in [0.29, 0.717) is 45.8 Å². The van der Waals surface area contributed by atoms with Crippen LogP contribution < -0.4 is 16.2 Å². The van der Waals surface area contributed by atoms with Crippen LogP contribution in [0.15, 0.2) is 58.6 Å². The molecule has 0 bridgehead atoms. The van der Waals surface area contributed by atoms with E-state index < -0.39 is 6.04 Å². The molecule has 0 amide bonds. The number of fused-ring (bicyclic) bond motifs is 1. The number of halogens is 1. The first-order valence-electron chi connectivity index (χ1n) is 15.2. The summed E-state index contributed by atoms with van der Waals surface area (Å²) in [5, 5.41) is 18.5. The smallest absolute Gasteiger partial charge is 0.261 e. The molecule has 5 rings (SSSR count). The predicted molar refractivity (Wildman–Crippen MR) is 173 cm³/mol. The van der Waals surface area contributed by atoms with E-state index >= 15 is 0 Å². The Bertz CT molecular complexity index is 1460. The second kappa shape index (κ2) is 12.7. The zero-order chi connectivity index (χ0) is 30.0. The van der Waals surface area contributed by atoms with E-state index in [1.165, 1.54) is 17.4 Å². The Morgan fingerprint density at radius 2 is 1.88 bits per heavy atom. The molecule has 5 atom stereocenters. The Labute approximate surface area is 254 Å². The number of nitrogens with zero attached hydrogens (tertiary/aromatic N) is 4. The van der Waals surface area contributed by atoms with Crippen LogP contribution >= 0.6 is 11.6 Å². The first kappa shape index (κ1) is 30.5. The SMILES string of the molecule is C[C@@H]1CN(C(=NC2CCC(C)(C)C[C@@H]2C)Nc2ccc3c(=O)n([C@H](CO)Cc4ccc(Cl)cc4)cnc3c2)C[C@H](C)N1. The number of aliphatic hydroxyl groups is 1. The molecule has 0 radical (unpaired) electrons. The number of nitrogens with one attached hydrogen (secondary N) is 2. The molecule has 1 saturated heterocycles. The van der Waals surface area contributed by atoms with Crippen molar-refractivity contribution in [2.45, 2.75) is 84.5 Å². The molecule has 42 heavy (non-hydrogen) atoms. The summed E-state index contributed by atoms with van der Waals surface area (Å²) >= 11 is 6.02. The maximum atomic E-state index is 13.5. The Hall–Kier alpha value is -2.94. The highest BCUT2D eigenvalue weighted by atomic mass is 35.5. The van der Waals surface area contributed by atoms with E-state index in [1.54, 1.807) is 6.33 Å². The van der Waals surface area contributed by atoms with Crippen LogP contribution in [0.25, 0.3) is 10.9 Å². The summed E-state index contributed by atoms with van der Waals surface area (Å²) in [7, 11) is 0. The van der Waals surface area contributed by atoms with Crippen LogP contribution in [0.1, 0.15) is 65.5 Å². The van der Waals surface area contributed by atoms with Crippen LogP contribution in [0.2, 0.25) is 5.02 Å². The van der Waals surface area contributed by atoms with Crippen LogP contribution in [-0.2, 0) is 6.42 Å². The van der Waals surface area contributed by atoms with Crippen LogP contribution in [0.4, 0.5) is 5.69 Å². The highest BCUT2D eigenvalue weighted by molar-refractivity contribution is 6.30. The number of benzene rings is 2. The van der Waals surface area contributed by atoms with Crippen molar-refractivity contribution in [2.24, 2.45) is 16.3 Å². The second-order valence-electron chi connectivity index (χ2n) is 13.3. The van der Waals surface area contributed by atoms with Crippen molar-refractivity contribution in [1.29, 1.82) is 0 Å². The molecule has 1 saturated carbocycles. The molecule has 2 aliphatic rings. The number of rotatable bonds is 6. The van der Waals surface area contributed by atoms with Gasteiger partial charge in [-0.1, -0.05) is 44.5 Å². The third-order valence-electron chi connectivity index (χ3n) is 8.82. The molecule has 8 nitrogen and oxygen atoms in total. The van der Waals surface area contributed by atoms with E-state index in [0.717, 1.165) is 36.7 Å². The summed E-state index contributed by atoms with van der Waals surface area (Å²) in [6.07, 6.45) is 5.47. The van der Waals surface area contributed by atoms with Gasteiger partial charge in [0.25, 0.3) is 5.56 Å². The van der Waals surface area contributed by atoms with Crippen molar-refractivity contribution in [3.8, 4) is 0 Å². The molecule has 1 aliphatic heterocycles. The summed E-state index contributed by atoms with van der Waals surface area (Å²) in [5.74, 6) is 1.40. The summed E-state index contributed by atoms with van der Waals surface area (Å²) in [5.41, 5.74) is 2.64. The third kappa shape index (κ3) is 7.16. The van der Waals surface area contributed by atoms with Gasteiger partial charge in [-0.2, -0.15) is 0 Å². The van der Waals surface area contributed by atoms with Gasteiger partial charge in [0, 0.05) is 35.9 Å². The highest BCUT2D eigenvalue weighted by Crippen LogP contribution is 2.40. The minimum absolute atomic E-state index is 0.170. The molecular weight excluding hydrogens is 548 g/mol. The molecule has 0 spiro atoms. The maximum absolute atomic E-state index is 13.5. The summed E-state index contributed by atoms with van der Waals surface area (Å²) < 4.78 is 1.53. The normalized spacial score (nSPS) is 25.4. The standard InChI is InChI=1S/C33H45ClN6O2/c1-21-16-33(4,5)13-12-29(21)38-32(39-17-22(2)36-23(3)18-39)37-26-10-11-28-30(15-26)35-20-40(31(28)42)27(19-41)14-24-6-8-25(34)9-7-24/h6-11,15,20-23,27,29,36,41H,12-14,16-19H2,1-5H3,(H,37,38)/t21-,22-,23+,27-,29?/m0/s1. The number of piperazine rings is 1. The van der Waals surface area contributed by atoms with E-state index in [4.69, 9.17) is 16.6 Å². The van der Waals surface area contributed by atoms with E-state index in [1.807, 2.05) is 42.5 Å². The lowest BCUT2D eigenvalue weighted by atomic mass is 9.71. The van der Waals surface area contributed by atoms with Crippen molar-refractivity contribution < 1.29 is 5.11 Å². The molecule has 2 aromatic carbocycles. The average molecular weight is 593 g/mol. The molecule has 1 aliphatic carbocycles. The fourth-order valence-electron chi connectivity index (χ4n) is 6.72. The van der Waals surface area contributed by atoms with Gasteiger partial charge >= 0.3 is 0 Å². The number of hydrogen-bond donors (Lipinski definition) is 3. The molecule has 9 heteroatoms. The molecule has 2 heterocycles. The van der Waals surface area contributed by atoms with Crippen molar-refractivity contribution in [2.75, 3.05) is 25.0 Å². The van der Waals surface area contributed by atoms with Crippen LogP contribution in [0, 0.1) is 11.3 Å². The maximum Gasteiger partial charge on any atom is 0.261 e. The van der Waals surface area contributed by atoms with E-state index in [9.17, 15) is 9.90 Å². The lowest BCUT2D eigenvalue weighted by Gasteiger charge is -2.41. The lowest BCUT2D eigenvalue weighted by molar-refractivity contribution is 0.168. The number of aliphatic hydroxyl groups excluding tert-OH is 1. The van der Waals surface area contributed by atoms with Crippen molar-refractivity contribution in [3.63, 3.8) is 0 Å². The Morgan fingerprint density at radius 3 is 2.55 bits per heavy atom. The van der Waals surface area contributed by atoms with Gasteiger partial charge in [-0.05, 0) is 86.8 Å². The molecule has 3 aromatic rings. The fraction of sp³-hybridized carbons (Fsp3) is 0.545. The molecule has 1 unspecified atom stereocenters. The van der Waals surface area contributed by atoms with Gasteiger partial charge in [0.05, 0.1) is 35.9 Å². The second-order valence-corrected chi connectivity index (χ2v) is 13.7. The van der Waals surface area contributed by atoms with Gasteiger partial charge < -0.3 is 20.6 Å². The van der Waals surface area contributed by atoms with Gasteiger partial charge in [-0.3, -0.25) is 9.36 Å². The zero-order valence-corrected chi connectivity index (χ0v) is 26.2. The Balaban J connectivity index is 1.42. The monoisotopic (exact) mass is 592 g/mol. The van der Waals surface area contributed by atoms with Gasteiger partial charge in [0.15, 0.2) is 5.96 Å². The topological polar surface area (TPSA) is 94.8 Å². The van der Waals surface area contributed by atoms with E-state index in [2.05, 4.69) is 55.1 Å². The third-order valence-corrected chi connectivity index (χ3v) is 9.07. The molecule has 3 N–H and O–H groups in total. The van der Waals surface area contributed by atoms with Crippen LogP contribution in [0.3, 0.4) is 0 Å². The number of hydrogen-bond acceptors (Lipinski definition) is 5. The largest absolute Gasteiger partial charge is 0.394 e. The summed E-state index contributed by atoms with van der Waals surface area (Å²) in [4.78, 5) is 25.9. The van der Waals surface area contributed by atoms with Gasteiger partial charge in [0.1, 0.15) is 0 Å². The fourth-order valence-corrected chi connectivity index (χ4v) is 6.85. The quantitative estimate of drug-likeness (QED) is 0.259. The van der Waals surface area contributed by atoms with Crippen LogP contribution in [-0.4, -0.2) is 63.3 Å². The summed E-state index contributed by atoms with van der Waals surface area (Å²) in [6.45, 7) is 13.0. The lowest BCUT2D eigenvalue weighted by Crippen LogP contribution is -2.57. The zero-order valence-electron chi connectivity index (χ0n) is 25.5. The van der Waals surface area contributed by atoms with Crippen molar-refractivity contribution >= 4 is 34.2 Å². The minimum atomic E-state index is -0.425. The van der Waals surface area contributed by atoms with Crippen molar-refractivity contribution in [3.05, 3.63) is 69.7 Å². The summed E-state index contributed by atoms with van der Waals surface area (Å²) in [6, 6.07) is 13.7. The number of anilines is 1. The number of guanidine groups is 1. The Morgan fingerprint density at radius 1 is 1.17 bits per heavy atom. The van der Waals surface area contributed by atoms with Gasteiger partial charge in [-0.15, -0.1) is 0 Å². The van der Waals surface area contributed by atoms with Gasteiger partial charge in [0.2, 0.25) is 0 Å². The molecular formula is C33H45ClN6O2. The predicted octanol–water partition coefficient (Wildman–Crippen LogP) is 5.49. The number of aliphatic imine (C=N–C) groups is 1. The average Bonchev–Trinajstić information content (AvgIpc) is 2.93. The first-order chi connectivity index (χ1) is 20.0. The molecule has 2 fully saturated rings. The molecule has 226 valence electrons. The van der Waals surface area contributed by atoms with Crippen molar-refractivity contribution in [1.82, 2.24) is 19.8 Å². The van der Waals surface area contributed by atoms with E-state index in [-0.39, 0.29) is 18.2 Å².